The Hall–Kier alpha value is -7.43. The topological polar surface area (TPSA) is 241 Å². The van der Waals surface area contributed by atoms with E-state index in [0.29, 0.717) is 17.7 Å². The molecule has 4 aromatic heterocycles. The minimum absolute atomic E-state index is 0.000542. The predicted molar refractivity (Wildman–Crippen MR) is 383 cm³/mol. The fraction of sp³-hybridized carbons (Fsp3) is 0.514. The zero-order valence-electron chi connectivity index (χ0n) is 60.9. The normalized spacial score (nSPS) is 14.8. The number of nitrogens with zero attached hydrogens (tertiary/aromatic N) is 8. The van der Waals surface area contributed by atoms with Gasteiger partial charge in [-0.05, 0) is 181 Å². The van der Waals surface area contributed by atoms with E-state index in [2.05, 4.69) is 58.7 Å². The molecule has 0 saturated heterocycles. The lowest BCUT2D eigenvalue weighted by Crippen LogP contribution is -2.59. The van der Waals surface area contributed by atoms with Crippen LogP contribution < -0.4 is 18.9 Å². The van der Waals surface area contributed by atoms with Crippen molar-refractivity contribution in [2.45, 2.75) is 206 Å². The Labute approximate surface area is 587 Å². The van der Waals surface area contributed by atoms with Gasteiger partial charge < -0.3 is 37.6 Å². The number of nitrogens with one attached hydrogen (secondary N) is 2. The Balaban J connectivity index is 0.000000281. The molecule has 4 unspecified atom stereocenters. The van der Waals surface area contributed by atoms with Crippen molar-refractivity contribution in [3.05, 3.63) is 118 Å². The highest BCUT2D eigenvalue weighted by molar-refractivity contribution is 7.84. The van der Waals surface area contributed by atoms with Crippen molar-refractivity contribution in [3.63, 3.8) is 0 Å². The molecule has 0 aliphatic rings. The molecule has 30 heteroatoms. The van der Waals surface area contributed by atoms with E-state index in [4.69, 9.17) is 28.4 Å². The third-order valence-electron chi connectivity index (χ3n) is 15.9. The van der Waals surface area contributed by atoms with Gasteiger partial charge in [-0.1, -0.05) is 39.3 Å². The lowest BCUT2D eigenvalue weighted by atomic mass is 9.84. The molecule has 4 heterocycles. The summed E-state index contributed by atoms with van der Waals surface area (Å²) in [6, 6.07) is 20.0. The van der Waals surface area contributed by atoms with Gasteiger partial charge >= 0.3 is 24.5 Å². The molecule has 0 aliphatic carbocycles. The number of carbonyl (C=O) groups is 2. The zero-order chi connectivity index (χ0) is 75.2. The van der Waals surface area contributed by atoms with Gasteiger partial charge in [-0.2, -0.15) is 36.9 Å². The van der Waals surface area contributed by atoms with Crippen LogP contribution in [0.15, 0.2) is 73.1 Å². The van der Waals surface area contributed by atoms with Crippen LogP contribution in [0.1, 0.15) is 128 Å². The fourth-order valence-corrected chi connectivity index (χ4v) is 14.3. The molecule has 2 N–H and O–H groups in total. The second kappa shape index (κ2) is 29.1. The van der Waals surface area contributed by atoms with Crippen molar-refractivity contribution < 1.29 is 72.8 Å². The van der Waals surface area contributed by atoms with Gasteiger partial charge in [-0.3, -0.25) is 9.13 Å². The van der Waals surface area contributed by atoms with E-state index >= 15 is 26.3 Å². The molecule has 0 aliphatic heterocycles. The van der Waals surface area contributed by atoms with Gasteiger partial charge in [0.2, 0.25) is 11.1 Å². The lowest BCUT2D eigenvalue weighted by Gasteiger charge is -2.39. The number of halogens is 6. The first-order valence-corrected chi connectivity index (χ1v) is 42.0. The standard InChI is InChI=1S/2C35H46F3N5O5SSi/c1-22-18-27(46-8)28(24-14-15-42(29(22)24)31(44)48-32(2,3)4)34(35(36,37)38,41-49(45)33(5,6)7)30-40-25-19-23(20-39)12-13-26(25)43(30)21-47-16-17-50(9,10)11;1-22-18-27(46-8)28(24-14-15-42(29(22)24)31(44)48-32(2,3)4)34(35(36,37)38,41-49(45)33(5,6)7)30-40-25-13-12-23(20-39)19-26(25)43(30)21-47-16-17-50(9,10)11/h2*12-15,18-19,41H,16-17,21H2,1-11H3. The van der Waals surface area contributed by atoms with Crippen molar-refractivity contribution in [3.8, 4) is 23.6 Å². The second-order valence-electron chi connectivity index (χ2n) is 30.9. The SMILES string of the molecule is COc1cc(C)c2c(ccn2C(=O)OC(C)(C)C)c1C(NS(=O)C(C)(C)C)(c1nc2cc(C#N)ccc2n1COCC[Si](C)(C)C)C(F)(F)F.COc1cc(C)c2c(ccn2C(=O)OC(C)(C)C)c1C(NS(=O)C(C)(C)C)(c1nc2ccc(C#N)cc2n1COCC[Si](C)(C)C)C(F)(F)F. The number of imidazole rings is 2. The maximum atomic E-state index is 16.5. The third-order valence-corrected chi connectivity index (χ3v) is 22.5. The Kier molecular flexibility index (Phi) is 23.3. The molecule has 100 heavy (non-hydrogen) atoms. The van der Waals surface area contributed by atoms with Gasteiger partial charge in [-0.15, -0.1) is 0 Å². The number of fused-ring (bicyclic) bond motifs is 4. The third kappa shape index (κ3) is 17.0. The van der Waals surface area contributed by atoms with E-state index in [1.54, 1.807) is 96.9 Å². The number of nitriles is 2. The van der Waals surface area contributed by atoms with Crippen molar-refractivity contribution in [2.75, 3.05) is 27.4 Å². The molecule has 0 fully saturated rings. The Bertz CT molecular complexity index is 4360. The van der Waals surface area contributed by atoms with Crippen LogP contribution in [0.2, 0.25) is 51.4 Å². The van der Waals surface area contributed by atoms with Gasteiger partial charge in [-0.25, -0.2) is 37.4 Å². The van der Waals surface area contributed by atoms with E-state index in [1.807, 2.05) is 12.1 Å². The van der Waals surface area contributed by atoms with Crippen LogP contribution in [0, 0.1) is 36.5 Å². The fourth-order valence-electron chi connectivity index (χ4n) is 11.0. The minimum atomic E-state index is -5.23. The molecule has 0 radical (unpaired) electrons. The van der Waals surface area contributed by atoms with Crippen LogP contribution in [-0.2, 0) is 65.5 Å². The van der Waals surface area contributed by atoms with Crippen molar-refractivity contribution in [1.82, 2.24) is 37.7 Å². The highest BCUT2D eigenvalue weighted by Crippen LogP contribution is 2.54. The Morgan fingerprint density at radius 1 is 0.540 bits per heavy atom. The van der Waals surface area contributed by atoms with Crippen molar-refractivity contribution >= 4 is 94.2 Å². The summed E-state index contributed by atoms with van der Waals surface area (Å²) in [5, 5.41) is 19.3. The summed E-state index contributed by atoms with van der Waals surface area (Å²) in [5.41, 5.74) is -6.96. The monoisotopic (exact) mass is 1470 g/mol. The lowest BCUT2D eigenvalue weighted by molar-refractivity contribution is -0.185. The molecule has 0 amide bonds. The van der Waals surface area contributed by atoms with Gasteiger partial charge in [0.1, 0.15) is 47.8 Å². The summed E-state index contributed by atoms with van der Waals surface area (Å²) in [6.45, 7) is 35.6. The molecule has 544 valence electrons. The van der Waals surface area contributed by atoms with Crippen molar-refractivity contribution in [2.24, 2.45) is 0 Å². The van der Waals surface area contributed by atoms with Crippen LogP contribution in [0.4, 0.5) is 35.9 Å². The van der Waals surface area contributed by atoms with Gasteiger partial charge in [0.05, 0.1) is 102 Å². The predicted octanol–water partition coefficient (Wildman–Crippen LogP) is 16.3. The van der Waals surface area contributed by atoms with Crippen LogP contribution in [0.5, 0.6) is 11.5 Å². The first-order valence-electron chi connectivity index (χ1n) is 32.2. The molecule has 4 atom stereocenters. The molecule has 20 nitrogen and oxygen atoms in total. The highest BCUT2D eigenvalue weighted by atomic mass is 32.2. The molecule has 8 rings (SSSR count). The quantitative estimate of drug-likeness (QED) is 0.0410. The minimum Gasteiger partial charge on any atom is -0.496 e. The summed E-state index contributed by atoms with van der Waals surface area (Å²) in [6.07, 6.45) is -9.35. The number of rotatable bonds is 20. The van der Waals surface area contributed by atoms with Crippen LogP contribution >= 0.6 is 0 Å². The number of benzene rings is 4. The van der Waals surface area contributed by atoms with E-state index in [1.165, 1.54) is 96.4 Å². The maximum absolute atomic E-state index is 16.5. The highest BCUT2D eigenvalue weighted by Gasteiger charge is 2.65. The number of aryl methyl sites for hydroxylation is 2. The molecule has 8 aromatic rings. The molecule has 0 spiro atoms. The van der Waals surface area contributed by atoms with Crippen molar-refractivity contribution in [1.29, 1.82) is 10.5 Å². The van der Waals surface area contributed by atoms with Gasteiger partial charge in [0.25, 0.3) is 0 Å². The van der Waals surface area contributed by atoms with E-state index in [-0.39, 0.29) is 86.6 Å². The van der Waals surface area contributed by atoms with E-state index in [0.717, 1.165) is 21.2 Å². The number of methoxy groups -OCH3 is 2. The van der Waals surface area contributed by atoms with Crippen LogP contribution in [0.25, 0.3) is 43.9 Å². The number of hydrogen-bond donors (Lipinski definition) is 2. The number of hydrogen-bond acceptors (Lipinski definition) is 14. The van der Waals surface area contributed by atoms with Crippen LogP contribution in [0.3, 0.4) is 0 Å². The van der Waals surface area contributed by atoms with E-state index < -0.39 is 117 Å². The largest absolute Gasteiger partial charge is 0.496 e. The number of carbonyl (C=O) groups excluding carboxylic acids is 2. The smallest absolute Gasteiger partial charge is 0.419 e. The van der Waals surface area contributed by atoms with Gasteiger partial charge in [0.15, 0.2) is 0 Å². The summed E-state index contributed by atoms with van der Waals surface area (Å²) in [5.74, 6) is -1.50. The molecule has 0 bridgehead atoms. The Morgan fingerprint density at radius 2 is 0.910 bits per heavy atom. The van der Waals surface area contributed by atoms with Gasteiger partial charge in [0, 0.05) is 63.7 Å². The maximum Gasteiger partial charge on any atom is 0.419 e. The molecular formula is C70H92F6N10O10S2Si2. The summed E-state index contributed by atoms with van der Waals surface area (Å²) in [7, 11) is -5.34. The summed E-state index contributed by atoms with van der Waals surface area (Å²) >= 11 is 0. The van der Waals surface area contributed by atoms with E-state index in [9.17, 15) is 28.5 Å². The first-order chi connectivity index (χ1) is 45.9. The average Bonchev–Trinajstić information content (AvgIpc) is 1.43. The number of alkyl halides is 6. The molecular weight excluding hydrogens is 1380 g/mol. The Morgan fingerprint density at radius 3 is 1.26 bits per heavy atom. The summed E-state index contributed by atoms with van der Waals surface area (Å²) < 4.78 is 169. The summed E-state index contributed by atoms with van der Waals surface area (Å²) in [4.78, 5) is 35.9. The number of ether oxygens (including phenoxy) is 6. The average molecular weight is 1470 g/mol. The number of aromatic nitrogens is 6. The molecule has 0 saturated carbocycles. The van der Waals surface area contributed by atoms with Crippen LogP contribution in [-0.4, -0.2) is 125 Å². The molecule has 4 aromatic carbocycles. The zero-order valence-corrected chi connectivity index (χ0v) is 64.5. The first kappa shape index (κ1) is 79.9. The second-order valence-corrected chi connectivity index (χ2v) is 46.1.